The van der Waals surface area contributed by atoms with Crippen molar-refractivity contribution in [2.75, 3.05) is 22.9 Å². The van der Waals surface area contributed by atoms with Gasteiger partial charge in [0.15, 0.2) is 0 Å². The maximum Gasteiger partial charge on any atom is 0.240 e. The Balaban J connectivity index is 1.86. The van der Waals surface area contributed by atoms with Crippen LogP contribution in [-0.4, -0.2) is 23.5 Å². The first-order chi connectivity index (χ1) is 9.27. The molecule has 1 unspecified atom stereocenters. The molecule has 4 heteroatoms. The number of nitrogen functional groups attached to an aromatic ring is 1. The van der Waals surface area contributed by atoms with E-state index in [1.165, 1.54) is 12.8 Å². The minimum absolute atomic E-state index is 0.154. The predicted molar refractivity (Wildman–Crippen MR) is 81.6 cm³/mol. The Hall–Kier alpha value is -1.16. The lowest BCUT2D eigenvalue weighted by Crippen LogP contribution is -2.42. The van der Waals surface area contributed by atoms with Crippen molar-refractivity contribution in [2.24, 2.45) is 0 Å². The molecule has 0 radical (unpaired) electrons. The van der Waals surface area contributed by atoms with E-state index in [1.54, 1.807) is 0 Å². The lowest BCUT2D eigenvalue weighted by Gasteiger charge is -2.33. The van der Waals surface area contributed by atoms with Gasteiger partial charge >= 0.3 is 0 Å². The van der Waals surface area contributed by atoms with E-state index in [4.69, 9.17) is 5.73 Å². The summed E-state index contributed by atoms with van der Waals surface area (Å²) in [6.45, 7) is 0.840. The number of nitrogens with zero attached hydrogens (tertiary/aromatic N) is 1. The highest BCUT2D eigenvalue weighted by molar-refractivity contribution is 8.00. The molecular formula is C15H20N2OS. The molecule has 0 saturated carbocycles. The Morgan fingerprint density at radius 3 is 3.00 bits per heavy atom. The summed E-state index contributed by atoms with van der Waals surface area (Å²) in [5, 5.41) is 0.154. The molecule has 1 aromatic rings. The number of hydrogen-bond acceptors (Lipinski definition) is 3. The maximum atomic E-state index is 12.7. The second kappa shape index (κ2) is 5.45. The molecule has 1 aromatic carbocycles. The van der Waals surface area contributed by atoms with Gasteiger partial charge in [0.25, 0.3) is 0 Å². The summed E-state index contributed by atoms with van der Waals surface area (Å²) in [5.74, 6) is 1.41. The molecule has 2 aliphatic rings. The molecule has 2 heterocycles. The van der Waals surface area contributed by atoms with Crippen molar-refractivity contribution in [1.82, 2.24) is 0 Å². The third kappa shape index (κ3) is 2.46. The van der Waals surface area contributed by atoms with Crippen molar-refractivity contribution in [2.45, 2.75) is 37.4 Å². The van der Waals surface area contributed by atoms with Crippen LogP contribution < -0.4 is 10.6 Å². The van der Waals surface area contributed by atoms with Gasteiger partial charge in [0.1, 0.15) is 0 Å². The van der Waals surface area contributed by atoms with Gasteiger partial charge in [0.05, 0.1) is 5.25 Å². The standard InChI is InChI=1S/C15H20N2OS/c16-12-6-3-7-13-11(12)5-4-9-17(13)15(18)14-8-1-2-10-19-14/h3,6-7,14H,1-2,4-5,8-10,16H2. The van der Waals surface area contributed by atoms with Crippen LogP contribution >= 0.6 is 11.8 Å². The zero-order valence-corrected chi connectivity index (χ0v) is 11.9. The van der Waals surface area contributed by atoms with Gasteiger partial charge in [-0.1, -0.05) is 12.5 Å². The van der Waals surface area contributed by atoms with Crippen molar-refractivity contribution in [1.29, 1.82) is 0 Å². The van der Waals surface area contributed by atoms with Crippen LogP contribution in [0.3, 0.4) is 0 Å². The second-order valence-corrected chi connectivity index (χ2v) is 6.60. The van der Waals surface area contributed by atoms with Gasteiger partial charge in [0.2, 0.25) is 5.91 Å². The van der Waals surface area contributed by atoms with Crippen molar-refractivity contribution in [3.63, 3.8) is 0 Å². The van der Waals surface area contributed by atoms with Gasteiger partial charge in [-0.3, -0.25) is 4.79 Å². The van der Waals surface area contributed by atoms with Gasteiger partial charge in [0, 0.05) is 17.9 Å². The highest BCUT2D eigenvalue weighted by atomic mass is 32.2. The van der Waals surface area contributed by atoms with E-state index in [1.807, 2.05) is 34.9 Å². The van der Waals surface area contributed by atoms with Gasteiger partial charge in [-0.2, -0.15) is 0 Å². The van der Waals surface area contributed by atoms with Crippen LogP contribution in [-0.2, 0) is 11.2 Å². The molecule has 1 fully saturated rings. The lowest BCUT2D eigenvalue weighted by molar-refractivity contribution is -0.118. The fraction of sp³-hybridized carbons (Fsp3) is 0.533. The quantitative estimate of drug-likeness (QED) is 0.802. The van der Waals surface area contributed by atoms with Crippen LogP contribution in [0.15, 0.2) is 18.2 Å². The number of amides is 1. The molecular weight excluding hydrogens is 256 g/mol. The van der Waals surface area contributed by atoms with Crippen LogP contribution in [0, 0.1) is 0 Å². The molecule has 1 amide bonds. The van der Waals surface area contributed by atoms with Crippen molar-refractivity contribution < 1.29 is 4.79 Å². The molecule has 102 valence electrons. The van der Waals surface area contributed by atoms with Gasteiger partial charge in [-0.15, -0.1) is 11.8 Å². The van der Waals surface area contributed by atoms with E-state index in [9.17, 15) is 4.79 Å². The highest BCUT2D eigenvalue weighted by Gasteiger charge is 2.30. The van der Waals surface area contributed by atoms with Crippen molar-refractivity contribution in [3.05, 3.63) is 23.8 Å². The summed E-state index contributed by atoms with van der Waals surface area (Å²) in [4.78, 5) is 14.7. The zero-order chi connectivity index (χ0) is 13.2. The second-order valence-electron chi connectivity index (χ2n) is 5.29. The largest absolute Gasteiger partial charge is 0.398 e. The average molecular weight is 276 g/mol. The van der Waals surface area contributed by atoms with E-state index in [0.29, 0.717) is 0 Å². The molecule has 0 bridgehead atoms. The van der Waals surface area contributed by atoms with Crippen LogP contribution in [0.4, 0.5) is 11.4 Å². The van der Waals surface area contributed by atoms with E-state index >= 15 is 0 Å². The highest BCUT2D eigenvalue weighted by Crippen LogP contribution is 2.34. The van der Waals surface area contributed by atoms with Gasteiger partial charge in [-0.05, 0) is 49.1 Å². The van der Waals surface area contributed by atoms with Crippen LogP contribution in [0.25, 0.3) is 0 Å². The first kappa shape index (κ1) is 12.9. The minimum Gasteiger partial charge on any atom is -0.398 e. The number of hydrogen-bond donors (Lipinski definition) is 1. The number of fused-ring (bicyclic) bond motifs is 1. The maximum absolute atomic E-state index is 12.7. The van der Waals surface area contributed by atoms with Crippen LogP contribution in [0.1, 0.15) is 31.2 Å². The average Bonchev–Trinajstić information content (AvgIpc) is 2.47. The fourth-order valence-electron chi connectivity index (χ4n) is 2.99. The lowest BCUT2D eigenvalue weighted by atomic mass is 9.99. The van der Waals surface area contributed by atoms with Crippen LogP contribution in [0.2, 0.25) is 0 Å². The van der Waals surface area contributed by atoms with Gasteiger partial charge in [-0.25, -0.2) is 0 Å². The Morgan fingerprint density at radius 2 is 2.21 bits per heavy atom. The SMILES string of the molecule is Nc1cccc2c1CCCN2C(=O)C1CCCCS1. The zero-order valence-electron chi connectivity index (χ0n) is 11.1. The van der Waals surface area contributed by atoms with Crippen molar-refractivity contribution in [3.8, 4) is 0 Å². The number of anilines is 2. The fourth-order valence-corrected chi connectivity index (χ4v) is 4.25. The molecule has 3 rings (SSSR count). The molecule has 1 saturated heterocycles. The Morgan fingerprint density at radius 1 is 1.32 bits per heavy atom. The van der Waals surface area contributed by atoms with E-state index in [2.05, 4.69) is 0 Å². The number of thioether (sulfide) groups is 1. The summed E-state index contributed by atoms with van der Waals surface area (Å²) in [5.41, 5.74) is 9.06. The number of carbonyl (C=O) groups is 1. The summed E-state index contributed by atoms with van der Waals surface area (Å²) in [6, 6.07) is 5.92. The normalized spacial score (nSPS) is 22.9. The molecule has 0 aromatic heterocycles. The van der Waals surface area contributed by atoms with Crippen molar-refractivity contribution >= 4 is 29.0 Å². The number of benzene rings is 1. The molecule has 2 N–H and O–H groups in total. The smallest absolute Gasteiger partial charge is 0.240 e. The number of rotatable bonds is 1. The number of carbonyl (C=O) groups excluding carboxylic acids is 1. The molecule has 2 aliphatic heterocycles. The monoisotopic (exact) mass is 276 g/mol. The first-order valence-corrected chi connectivity index (χ1v) is 8.12. The Kier molecular flexibility index (Phi) is 3.69. The first-order valence-electron chi connectivity index (χ1n) is 7.08. The molecule has 0 aliphatic carbocycles. The third-order valence-electron chi connectivity index (χ3n) is 4.01. The molecule has 1 atom stereocenters. The summed E-state index contributed by atoms with van der Waals surface area (Å²) in [6.07, 6.45) is 5.46. The number of nitrogens with two attached hydrogens (primary N) is 1. The molecule has 19 heavy (non-hydrogen) atoms. The molecule has 0 spiro atoms. The third-order valence-corrected chi connectivity index (χ3v) is 5.37. The van der Waals surface area contributed by atoms with Crippen LogP contribution in [0.5, 0.6) is 0 Å². The Bertz CT molecular complexity index is 483. The predicted octanol–water partition coefficient (Wildman–Crippen LogP) is 2.83. The Labute approximate surface area is 118 Å². The van der Waals surface area contributed by atoms with E-state index in [-0.39, 0.29) is 11.2 Å². The van der Waals surface area contributed by atoms with E-state index in [0.717, 1.165) is 48.5 Å². The van der Waals surface area contributed by atoms with Gasteiger partial charge < -0.3 is 10.6 Å². The topological polar surface area (TPSA) is 46.3 Å². The minimum atomic E-state index is 0.154. The summed E-state index contributed by atoms with van der Waals surface area (Å²) >= 11 is 1.82. The van der Waals surface area contributed by atoms with E-state index < -0.39 is 0 Å². The summed E-state index contributed by atoms with van der Waals surface area (Å²) < 4.78 is 0. The summed E-state index contributed by atoms with van der Waals surface area (Å²) in [7, 11) is 0. The molecule has 3 nitrogen and oxygen atoms in total.